The van der Waals surface area contributed by atoms with Crippen molar-refractivity contribution >= 4 is 6.29 Å². The summed E-state index contributed by atoms with van der Waals surface area (Å²) in [6.45, 7) is 0.580. The van der Waals surface area contributed by atoms with E-state index in [2.05, 4.69) is 4.74 Å². The lowest BCUT2D eigenvalue weighted by atomic mass is 10.2. The van der Waals surface area contributed by atoms with E-state index in [-0.39, 0.29) is 17.6 Å². The number of carbonyl (C=O) groups is 1. The molecule has 0 aliphatic rings. The monoisotopic (exact) mass is 230 g/mol. The van der Waals surface area contributed by atoms with Gasteiger partial charge in [0, 0.05) is 5.56 Å². The molecule has 3 nitrogen and oxygen atoms in total. The predicted molar refractivity (Wildman–Crippen MR) is 54.2 cm³/mol. The highest BCUT2D eigenvalue weighted by Crippen LogP contribution is 2.30. The zero-order valence-corrected chi connectivity index (χ0v) is 8.94. The molecule has 1 aromatic rings. The van der Waals surface area contributed by atoms with Crippen LogP contribution in [0.5, 0.6) is 11.5 Å². The Hall–Kier alpha value is -1.65. The maximum Gasteiger partial charge on any atom is 0.387 e. The normalized spacial score (nSPS) is 10.6. The number of benzene rings is 1. The predicted octanol–water partition coefficient (Wildman–Crippen LogP) is 2.89. The van der Waals surface area contributed by atoms with Gasteiger partial charge in [-0.1, -0.05) is 0 Å². The van der Waals surface area contributed by atoms with Crippen molar-refractivity contribution in [1.29, 1.82) is 0 Å². The molecule has 0 saturated carbocycles. The molecule has 1 aromatic carbocycles. The molecule has 0 aliphatic carbocycles. The summed E-state index contributed by atoms with van der Waals surface area (Å²) in [5.41, 5.74) is 0.345. The van der Waals surface area contributed by atoms with Crippen molar-refractivity contribution in [1.82, 2.24) is 0 Å². The molecule has 0 aliphatic heterocycles. The molecule has 0 saturated heterocycles. The van der Waals surface area contributed by atoms with Crippen molar-refractivity contribution in [2.75, 3.05) is 0 Å². The molecule has 0 aromatic heterocycles. The van der Waals surface area contributed by atoms with Crippen molar-refractivity contribution < 1.29 is 23.0 Å². The van der Waals surface area contributed by atoms with Crippen LogP contribution in [-0.4, -0.2) is 19.0 Å². The number of hydrogen-bond acceptors (Lipinski definition) is 3. The summed E-state index contributed by atoms with van der Waals surface area (Å²) in [5, 5.41) is 0. The molecule has 0 fully saturated rings. The Morgan fingerprint density at radius 2 is 1.88 bits per heavy atom. The molecule has 0 radical (unpaired) electrons. The molecule has 0 heterocycles. The third kappa shape index (κ3) is 3.49. The number of rotatable bonds is 5. The fraction of sp³-hybridized carbons (Fsp3) is 0.364. The van der Waals surface area contributed by atoms with Gasteiger partial charge in [-0.25, -0.2) is 0 Å². The number of hydrogen-bond donors (Lipinski definition) is 0. The van der Waals surface area contributed by atoms with Crippen LogP contribution in [0.15, 0.2) is 18.2 Å². The molecule has 0 N–H and O–H groups in total. The smallest absolute Gasteiger partial charge is 0.387 e. The molecule has 0 amide bonds. The lowest BCUT2D eigenvalue weighted by Gasteiger charge is -2.14. The maximum atomic E-state index is 12.1. The lowest BCUT2D eigenvalue weighted by Crippen LogP contribution is -2.09. The summed E-state index contributed by atoms with van der Waals surface area (Å²) in [4.78, 5) is 10.5. The summed E-state index contributed by atoms with van der Waals surface area (Å²) in [5.74, 6) is 0.0641. The first-order valence-corrected chi connectivity index (χ1v) is 4.73. The van der Waals surface area contributed by atoms with Gasteiger partial charge in [-0.3, -0.25) is 4.79 Å². The number of halogens is 2. The second-order valence-corrected chi connectivity index (χ2v) is 3.37. The van der Waals surface area contributed by atoms with E-state index in [1.54, 1.807) is 13.8 Å². The van der Waals surface area contributed by atoms with E-state index in [0.717, 1.165) is 0 Å². The van der Waals surface area contributed by atoms with Crippen molar-refractivity contribution in [3.05, 3.63) is 23.8 Å². The van der Waals surface area contributed by atoms with Gasteiger partial charge in [-0.05, 0) is 32.0 Å². The zero-order chi connectivity index (χ0) is 12.1. The van der Waals surface area contributed by atoms with E-state index in [4.69, 9.17) is 4.74 Å². The number of aldehydes is 1. The van der Waals surface area contributed by atoms with Crippen LogP contribution < -0.4 is 9.47 Å². The fourth-order valence-corrected chi connectivity index (χ4v) is 1.14. The Labute approximate surface area is 92.0 Å². The Bertz CT molecular complexity index is 364. The van der Waals surface area contributed by atoms with Gasteiger partial charge in [-0.15, -0.1) is 0 Å². The molecule has 88 valence electrons. The van der Waals surface area contributed by atoms with Crippen LogP contribution >= 0.6 is 0 Å². The summed E-state index contributed by atoms with van der Waals surface area (Å²) >= 11 is 0. The van der Waals surface area contributed by atoms with E-state index >= 15 is 0 Å². The minimum absolute atomic E-state index is 0.0747. The van der Waals surface area contributed by atoms with Gasteiger partial charge in [0.25, 0.3) is 0 Å². The van der Waals surface area contributed by atoms with Crippen LogP contribution in [-0.2, 0) is 0 Å². The van der Waals surface area contributed by atoms with Gasteiger partial charge in [0.2, 0.25) is 0 Å². The average Bonchev–Trinajstić information content (AvgIpc) is 2.19. The third-order valence-electron chi connectivity index (χ3n) is 1.68. The summed E-state index contributed by atoms with van der Waals surface area (Å²) in [6.07, 6.45) is 0.418. The molecule has 0 bridgehead atoms. The molecule has 16 heavy (non-hydrogen) atoms. The molecular formula is C11H12F2O3. The number of ether oxygens (including phenoxy) is 2. The molecule has 5 heteroatoms. The zero-order valence-electron chi connectivity index (χ0n) is 8.94. The summed E-state index contributed by atoms with van der Waals surface area (Å²) in [7, 11) is 0. The molecular weight excluding hydrogens is 218 g/mol. The van der Waals surface area contributed by atoms with Crippen LogP contribution in [0.3, 0.4) is 0 Å². The van der Waals surface area contributed by atoms with E-state index in [0.29, 0.717) is 11.8 Å². The highest BCUT2D eigenvalue weighted by molar-refractivity contribution is 5.76. The first kappa shape index (κ1) is 12.4. The lowest BCUT2D eigenvalue weighted by molar-refractivity contribution is -0.0518. The first-order valence-electron chi connectivity index (χ1n) is 4.73. The number of alkyl halides is 2. The second kappa shape index (κ2) is 5.44. The van der Waals surface area contributed by atoms with Crippen LogP contribution in [0.4, 0.5) is 8.78 Å². The Kier molecular flexibility index (Phi) is 4.22. The Morgan fingerprint density at radius 1 is 1.19 bits per heavy atom. The van der Waals surface area contributed by atoms with Gasteiger partial charge >= 0.3 is 6.61 Å². The van der Waals surface area contributed by atoms with Gasteiger partial charge in [0.05, 0.1) is 6.10 Å². The van der Waals surface area contributed by atoms with Crippen LogP contribution in [0.2, 0.25) is 0 Å². The minimum Gasteiger partial charge on any atom is -0.487 e. The second-order valence-electron chi connectivity index (χ2n) is 3.37. The quantitative estimate of drug-likeness (QED) is 0.729. The van der Waals surface area contributed by atoms with E-state index in [1.807, 2.05) is 0 Å². The van der Waals surface area contributed by atoms with E-state index < -0.39 is 6.61 Å². The SMILES string of the molecule is CC(C)Oc1cc(C=O)ccc1OC(F)F. The standard InChI is InChI=1S/C11H12F2O3/c1-7(2)15-10-5-8(6-14)3-4-9(10)16-11(12)13/h3-7,11H,1-2H3. The van der Waals surface area contributed by atoms with Gasteiger partial charge in [0.15, 0.2) is 11.5 Å². The van der Waals surface area contributed by atoms with Crippen molar-refractivity contribution in [3.63, 3.8) is 0 Å². The van der Waals surface area contributed by atoms with Gasteiger partial charge in [-0.2, -0.15) is 8.78 Å². The Balaban J connectivity index is 3.00. The largest absolute Gasteiger partial charge is 0.487 e. The van der Waals surface area contributed by atoms with E-state index in [1.165, 1.54) is 18.2 Å². The van der Waals surface area contributed by atoms with Gasteiger partial charge in [0.1, 0.15) is 6.29 Å². The summed E-state index contributed by atoms with van der Waals surface area (Å²) < 4.78 is 33.7. The molecule has 1 rings (SSSR count). The topological polar surface area (TPSA) is 35.5 Å². The molecule has 0 spiro atoms. The highest BCUT2D eigenvalue weighted by Gasteiger charge is 2.12. The minimum atomic E-state index is -2.92. The first-order chi connectivity index (χ1) is 7.52. The fourth-order valence-electron chi connectivity index (χ4n) is 1.14. The number of carbonyl (C=O) groups excluding carboxylic acids is 1. The van der Waals surface area contributed by atoms with Crippen molar-refractivity contribution in [3.8, 4) is 11.5 Å². The van der Waals surface area contributed by atoms with Gasteiger partial charge < -0.3 is 9.47 Å². The van der Waals surface area contributed by atoms with Crippen LogP contribution in [0, 0.1) is 0 Å². The van der Waals surface area contributed by atoms with Crippen molar-refractivity contribution in [2.45, 2.75) is 26.6 Å². The maximum absolute atomic E-state index is 12.1. The average molecular weight is 230 g/mol. The molecule has 0 unspecified atom stereocenters. The molecule has 0 atom stereocenters. The van der Waals surface area contributed by atoms with Crippen molar-refractivity contribution in [2.24, 2.45) is 0 Å². The van der Waals surface area contributed by atoms with Crippen LogP contribution in [0.1, 0.15) is 24.2 Å². The summed E-state index contributed by atoms with van der Waals surface area (Å²) in [6, 6.07) is 4.04. The third-order valence-corrected chi connectivity index (χ3v) is 1.68. The Morgan fingerprint density at radius 3 is 2.38 bits per heavy atom. The van der Waals surface area contributed by atoms with Crippen LogP contribution in [0.25, 0.3) is 0 Å². The highest BCUT2D eigenvalue weighted by atomic mass is 19.3. The van der Waals surface area contributed by atoms with E-state index in [9.17, 15) is 13.6 Å².